The number of alkyl halides is 6. The number of hydrogen-bond acceptors (Lipinski definition) is 5. The predicted octanol–water partition coefficient (Wildman–Crippen LogP) is 6.44. The lowest BCUT2D eigenvalue weighted by molar-refractivity contribution is -0.338. The zero-order valence-corrected chi connectivity index (χ0v) is 18.8. The van der Waals surface area contributed by atoms with Gasteiger partial charge in [0.15, 0.2) is 0 Å². The molecule has 0 spiro atoms. The first-order valence-electron chi connectivity index (χ1n) is 10.3. The van der Waals surface area contributed by atoms with Crippen molar-refractivity contribution in [1.29, 1.82) is 5.26 Å². The highest BCUT2D eigenvalue weighted by molar-refractivity contribution is 6.33. The highest BCUT2D eigenvalue weighted by Gasteiger charge is 2.74. The molecule has 1 unspecified atom stereocenters. The van der Waals surface area contributed by atoms with E-state index in [1.807, 2.05) is 6.07 Å². The lowest BCUT2D eigenvalue weighted by Crippen LogP contribution is -2.62. The lowest BCUT2D eigenvalue weighted by atomic mass is 9.89. The first kappa shape index (κ1) is 25.5. The maximum atomic E-state index is 13.6. The van der Waals surface area contributed by atoms with Crippen LogP contribution in [0.15, 0.2) is 72.1 Å². The Kier molecular flexibility index (Phi) is 6.45. The number of nitriles is 1. The van der Waals surface area contributed by atoms with E-state index < -0.39 is 36.1 Å². The Bertz CT molecular complexity index is 1330. The number of para-hydroxylation sites is 1. The van der Waals surface area contributed by atoms with Crippen LogP contribution in [0.3, 0.4) is 0 Å². The molecule has 1 aromatic heterocycles. The van der Waals surface area contributed by atoms with Gasteiger partial charge in [0.05, 0.1) is 28.0 Å². The topological polar surface area (TPSA) is 72.5 Å². The predicted molar refractivity (Wildman–Crippen MR) is 120 cm³/mol. The zero-order chi connectivity index (χ0) is 26.3. The van der Waals surface area contributed by atoms with Crippen LogP contribution in [0.1, 0.15) is 23.6 Å². The van der Waals surface area contributed by atoms with Gasteiger partial charge < -0.3 is 5.11 Å². The second-order valence-corrected chi connectivity index (χ2v) is 8.37. The average Bonchev–Trinajstić information content (AvgIpc) is 3.28. The number of anilines is 1. The van der Waals surface area contributed by atoms with Crippen LogP contribution in [-0.4, -0.2) is 33.8 Å². The number of hydrogen-bond donors (Lipinski definition) is 1. The Morgan fingerprint density at radius 3 is 2.17 bits per heavy atom. The fourth-order valence-electron chi connectivity index (χ4n) is 3.89. The van der Waals surface area contributed by atoms with Crippen molar-refractivity contribution in [3.8, 4) is 17.2 Å². The van der Waals surface area contributed by atoms with Crippen molar-refractivity contribution in [3.63, 3.8) is 0 Å². The van der Waals surface area contributed by atoms with Crippen molar-refractivity contribution in [1.82, 2.24) is 4.98 Å². The minimum Gasteiger partial charge on any atom is -0.369 e. The molecule has 186 valence electrons. The third-order valence-electron chi connectivity index (χ3n) is 5.74. The van der Waals surface area contributed by atoms with Crippen LogP contribution in [0, 0.1) is 11.3 Å². The van der Waals surface area contributed by atoms with Gasteiger partial charge in [-0.2, -0.15) is 36.7 Å². The van der Waals surface area contributed by atoms with E-state index in [1.54, 1.807) is 24.3 Å². The van der Waals surface area contributed by atoms with Crippen molar-refractivity contribution in [3.05, 3.63) is 83.1 Å². The SMILES string of the molecule is N#Cc1cncc(-c2ccc(C3CC(C(O)(C(F)(F)F)C(F)(F)F)=NN3c3ccccc3Cl)cc2)c1. The second-order valence-electron chi connectivity index (χ2n) is 7.96. The normalized spacial score (nSPS) is 16.6. The van der Waals surface area contributed by atoms with E-state index in [-0.39, 0.29) is 10.7 Å². The molecule has 12 heteroatoms. The highest BCUT2D eigenvalue weighted by atomic mass is 35.5. The molecule has 0 saturated carbocycles. The summed E-state index contributed by atoms with van der Waals surface area (Å²) in [5.41, 5.74) is -4.72. The van der Waals surface area contributed by atoms with Gasteiger partial charge >= 0.3 is 12.4 Å². The number of benzene rings is 2. The van der Waals surface area contributed by atoms with Crippen LogP contribution in [0.5, 0.6) is 0 Å². The number of pyridine rings is 1. The molecule has 1 aliphatic heterocycles. The lowest BCUT2D eigenvalue weighted by Gasteiger charge is -2.32. The van der Waals surface area contributed by atoms with E-state index in [4.69, 9.17) is 16.9 Å². The fraction of sp³-hybridized carbons (Fsp3) is 0.208. The van der Waals surface area contributed by atoms with E-state index >= 15 is 0 Å². The smallest absolute Gasteiger partial charge is 0.369 e. The summed E-state index contributed by atoms with van der Waals surface area (Å²) in [5.74, 6) is 0. The van der Waals surface area contributed by atoms with Crippen LogP contribution >= 0.6 is 11.6 Å². The molecule has 1 N–H and O–H groups in total. The Morgan fingerprint density at radius 2 is 1.58 bits per heavy atom. The van der Waals surface area contributed by atoms with Gasteiger partial charge in [-0.05, 0) is 29.3 Å². The van der Waals surface area contributed by atoms with E-state index in [1.165, 1.54) is 42.7 Å². The molecule has 2 aromatic carbocycles. The Hall–Kier alpha value is -3.62. The Morgan fingerprint density at radius 1 is 0.944 bits per heavy atom. The van der Waals surface area contributed by atoms with Crippen LogP contribution < -0.4 is 5.01 Å². The number of hydrazone groups is 1. The van der Waals surface area contributed by atoms with Gasteiger partial charge in [-0.25, -0.2) is 0 Å². The summed E-state index contributed by atoms with van der Waals surface area (Å²) in [6.45, 7) is 0. The summed E-state index contributed by atoms with van der Waals surface area (Å²) >= 11 is 6.18. The van der Waals surface area contributed by atoms with Crippen molar-refractivity contribution < 1.29 is 31.4 Å². The summed E-state index contributed by atoms with van der Waals surface area (Å²) in [7, 11) is 0. The van der Waals surface area contributed by atoms with Crippen LogP contribution in [0.4, 0.5) is 32.0 Å². The molecular weight excluding hydrogens is 510 g/mol. The maximum absolute atomic E-state index is 13.6. The molecule has 1 aliphatic rings. The van der Waals surface area contributed by atoms with Gasteiger partial charge in [0.1, 0.15) is 6.07 Å². The third kappa shape index (κ3) is 4.38. The van der Waals surface area contributed by atoms with Crippen LogP contribution in [0.2, 0.25) is 5.02 Å². The Balaban J connectivity index is 1.78. The van der Waals surface area contributed by atoms with Gasteiger partial charge in [-0.15, -0.1) is 0 Å². The first-order valence-corrected chi connectivity index (χ1v) is 10.7. The van der Waals surface area contributed by atoms with E-state index in [9.17, 15) is 31.4 Å². The average molecular weight is 525 g/mol. The molecule has 0 aliphatic carbocycles. The molecule has 4 rings (SSSR count). The van der Waals surface area contributed by atoms with Gasteiger partial charge in [-0.1, -0.05) is 48.0 Å². The molecule has 3 aromatic rings. The first-order chi connectivity index (χ1) is 16.9. The minimum atomic E-state index is -6.06. The summed E-state index contributed by atoms with van der Waals surface area (Å²) in [6, 6.07) is 14.5. The Labute approximate surface area is 205 Å². The molecule has 0 fully saturated rings. The highest BCUT2D eigenvalue weighted by Crippen LogP contribution is 2.49. The monoisotopic (exact) mass is 524 g/mol. The van der Waals surface area contributed by atoms with Crippen molar-refractivity contribution in [2.45, 2.75) is 30.4 Å². The third-order valence-corrected chi connectivity index (χ3v) is 6.06. The molecular formula is C24H15ClF6N4O. The fourth-order valence-corrected chi connectivity index (χ4v) is 4.12. The van der Waals surface area contributed by atoms with Gasteiger partial charge in [-0.3, -0.25) is 9.99 Å². The summed E-state index contributed by atoms with van der Waals surface area (Å²) < 4.78 is 81.4. The minimum absolute atomic E-state index is 0.0473. The van der Waals surface area contributed by atoms with Crippen molar-refractivity contribution in [2.24, 2.45) is 5.10 Å². The second kappa shape index (κ2) is 9.11. The summed E-state index contributed by atoms with van der Waals surface area (Å²) in [5, 5.41) is 23.6. The molecule has 0 amide bonds. The van der Waals surface area contributed by atoms with E-state index in [2.05, 4.69) is 10.1 Å². The van der Waals surface area contributed by atoms with Gasteiger partial charge in [0, 0.05) is 24.4 Å². The van der Waals surface area contributed by atoms with Crippen molar-refractivity contribution >= 4 is 23.0 Å². The van der Waals surface area contributed by atoms with Crippen LogP contribution in [-0.2, 0) is 0 Å². The summed E-state index contributed by atoms with van der Waals surface area (Å²) in [6.07, 6.45) is -10.1. The van der Waals surface area contributed by atoms with Crippen molar-refractivity contribution in [2.75, 3.05) is 5.01 Å². The molecule has 5 nitrogen and oxygen atoms in total. The van der Waals surface area contributed by atoms with Gasteiger partial charge in [0.25, 0.3) is 5.60 Å². The van der Waals surface area contributed by atoms with Crippen LogP contribution in [0.25, 0.3) is 11.1 Å². The molecule has 2 heterocycles. The largest absolute Gasteiger partial charge is 0.431 e. The summed E-state index contributed by atoms with van der Waals surface area (Å²) in [4.78, 5) is 3.97. The number of rotatable bonds is 4. The quantitative estimate of drug-likeness (QED) is 0.399. The molecule has 36 heavy (non-hydrogen) atoms. The molecule has 0 bridgehead atoms. The standard InChI is InChI=1S/C24H15ClF6N4O/c25-18-3-1-2-4-19(18)35-20(10-21(34-35)22(36,23(26,27)28)24(29,30)31)16-7-5-15(6-8-16)17-9-14(11-32)12-33-13-17/h1-9,12-13,20,36H,10H2. The molecule has 1 atom stereocenters. The maximum Gasteiger partial charge on any atom is 0.431 e. The number of halogens is 7. The molecule has 0 radical (unpaired) electrons. The van der Waals surface area contributed by atoms with E-state index in [0.717, 1.165) is 5.01 Å². The number of nitrogens with zero attached hydrogens (tertiary/aromatic N) is 4. The van der Waals surface area contributed by atoms with Gasteiger partial charge in [0.2, 0.25) is 0 Å². The number of aromatic nitrogens is 1. The molecule has 0 saturated heterocycles. The number of aliphatic hydroxyl groups is 1. The zero-order valence-electron chi connectivity index (χ0n) is 18.0. The van der Waals surface area contributed by atoms with E-state index in [0.29, 0.717) is 22.3 Å².